The van der Waals surface area contributed by atoms with E-state index in [-0.39, 0.29) is 17.7 Å². The molecule has 1 N–H and O–H groups in total. The number of nitrogens with one attached hydrogen (secondary N) is 1. The summed E-state index contributed by atoms with van der Waals surface area (Å²) < 4.78 is 6.08. The van der Waals surface area contributed by atoms with Gasteiger partial charge in [0.05, 0.1) is 5.92 Å². The lowest BCUT2D eigenvalue weighted by Gasteiger charge is -2.23. The highest BCUT2D eigenvalue weighted by molar-refractivity contribution is 5.96. The summed E-state index contributed by atoms with van der Waals surface area (Å²) in [5, 5.41) is 3.06. The summed E-state index contributed by atoms with van der Waals surface area (Å²) in [6, 6.07) is 25.4. The van der Waals surface area contributed by atoms with Crippen molar-refractivity contribution in [3.8, 4) is 5.75 Å². The molecule has 0 aliphatic carbocycles. The lowest BCUT2D eigenvalue weighted by Crippen LogP contribution is -2.38. The zero-order chi connectivity index (χ0) is 23.2. The number of amides is 2. The van der Waals surface area contributed by atoms with E-state index < -0.39 is 6.10 Å². The summed E-state index contributed by atoms with van der Waals surface area (Å²) in [6.07, 6.45) is 0.789. The van der Waals surface area contributed by atoms with Gasteiger partial charge in [-0.05, 0) is 42.2 Å². The third kappa shape index (κ3) is 5.25. The van der Waals surface area contributed by atoms with Gasteiger partial charge in [-0.15, -0.1) is 0 Å². The van der Waals surface area contributed by atoms with Crippen LogP contribution < -0.4 is 10.1 Å². The smallest absolute Gasteiger partial charge is 0.264 e. The highest BCUT2D eigenvalue weighted by atomic mass is 16.5. The Morgan fingerprint density at radius 3 is 2.39 bits per heavy atom. The fraction of sp³-hybridized carbons (Fsp3) is 0.286. The molecule has 0 saturated carbocycles. The van der Waals surface area contributed by atoms with Gasteiger partial charge in [-0.25, -0.2) is 0 Å². The van der Waals surface area contributed by atoms with Crippen LogP contribution in [-0.2, 0) is 22.7 Å². The second kappa shape index (κ2) is 10.3. The summed E-state index contributed by atoms with van der Waals surface area (Å²) in [6.45, 7) is 4.91. The maximum atomic E-state index is 13.1. The largest absolute Gasteiger partial charge is 0.480 e. The molecule has 5 nitrogen and oxygen atoms in total. The van der Waals surface area contributed by atoms with Crippen LogP contribution in [0, 0.1) is 0 Å². The standard InChI is InChI=1S/C28H30N2O3/c1-3-24(21-13-9-6-10-14-21)27(31)29-23-15-16-26-22(17-23)19-30(28(32)25(4-2)33-26)18-20-11-7-5-8-12-20/h5-17,24-25H,3-4,18-19H2,1-2H3,(H,29,31). The van der Waals surface area contributed by atoms with Crippen LogP contribution in [0.25, 0.3) is 0 Å². The predicted octanol–water partition coefficient (Wildman–Crippen LogP) is 5.52. The average Bonchev–Trinajstić information content (AvgIpc) is 2.97. The van der Waals surface area contributed by atoms with E-state index in [2.05, 4.69) is 5.32 Å². The third-order valence-electron chi connectivity index (χ3n) is 6.06. The third-order valence-corrected chi connectivity index (χ3v) is 6.06. The summed E-state index contributed by atoms with van der Waals surface area (Å²) in [5.74, 6) is 0.417. The molecule has 0 spiro atoms. The molecule has 0 aromatic heterocycles. The molecule has 3 aromatic carbocycles. The number of rotatable bonds is 7. The van der Waals surface area contributed by atoms with E-state index in [1.54, 1.807) is 0 Å². The summed E-state index contributed by atoms with van der Waals surface area (Å²) >= 11 is 0. The van der Waals surface area contributed by atoms with Gasteiger partial charge >= 0.3 is 0 Å². The normalized spacial score (nSPS) is 16.4. The minimum absolute atomic E-state index is 0.0155. The van der Waals surface area contributed by atoms with Gasteiger partial charge in [-0.3, -0.25) is 9.59 Å². The predicted molar refractivity (Wildman–Crippen MR) is 130 cm³/mol. The molecule has 2 amide bonds. The molecular formula is C28H30N2O3. The molecule has 33 heavy (non-hydrogen) atoms. The highest BCUT2D eigenvalue weighted by Gasteiger charge is 2.30. The van der Waals surface area contributed by atoms with Gasteiger partial charge in [0, 0.05) is 24.3 Å². The Morgan fingerprint density at radius 1 is 1.03 bits per heavy atom. The van der Waals surface area contributed by atoms with Gasteiger partial charge in [0.1, 0.15) is 5.75 Å². The van der Waals surface area contributed by atoms with Crippen molar-refractivity contribution in [2.24, 2.45) is 0 Å². The first-order chi connectivity index (χ1) is 16.1. The molecule has 0 fully saturated rings. The maximum absolute atomic E-state index is 13.1. The Bertz CT molecular complexity index is 1100. The monoisotopic (exact) mass is 442 g/mol. The van der Waals surface area contributed by atoms with E-state index in [1.165, 1.54) is 0 Å². The van der Waals surface area contributed by atoms with Crippen molar-refractivity contribution in [2.75, 3.05) is 5.32 Å². The zero-order valence-electron chi connectivity index (χ0n) is 19.2. The fourth-order valence-corrected chi connectivity index (χ4v) is 4.27. The maximum Gasteiger partial charge on any atom is 0.264 e. The number of ether oxygens (including phenoxy) is 1. The number of nitrogens with zero attached hydrogens (tertiary/aromatic N) is 1. The van der Waals surface area contributed by atoms with Crippen molar-refractivity contribution in [3.05, 3.63) is 95.6 Å². The molecule has 4 rings (SSSR count). The number of benzene rings is 3. The molecule has 2 unspecified atom stereocenters. The van der Waals surface area contributed by atoms with Crippen LogP contribution in [0.1, 0.15) is 49.3 Å². The van der Waals surface area contributed by atoms with Crippen molar-refractivity contribution in [1.29, 1.82) is 0 Å². The van der Waals surface area contributed by atoms with E-state index in [1.807, 2.05) is 97.6 Å². The lowest BCUT2D eigenvalue weighted by molar-refractivity contribution is -0.139. The van der Waals surface area contributed by atoms with Gasteiger partial charge < -0.3 is 15.0 Å². The molecule has 3 aromatic rings. The van der Waals surface area contributed by atoms with Crippen LogP contribution in [0.3, 0.4) is 0 Å². The van der Waals surface area contributed by atoms with Crippen molar-refractivity contribution in [3.63, 3.8) is 0 Å². The SMILES string of the molecule is CCC1Oc2ccc(NC(=O)C(CC)c3ccccc3)cc2CN(Cc2ccccc2)C1=O. The molecule has 5 heteroatoms. The number of anilines is 1. The molecule has 1 aliphatic rings. The molecule has 170 valence electrons. The van der Waals surface area contributed by atoms with Gasteiger partial charge in [-0.2, -0.15) is 0 Å². The number of carbonyl (C=O) groups is 2. The highest BCUT2D eigenvalue weighted by Crippen LogP contribution is 2.31. The summed E-state index contributed by atoms with van der Waals surface area (Å²) in [4.78, 5) is 28.0. The molecule has 0 radical (unpaired) electrons. The minimum Gasteiger partial charge on any atom is -0.480 e. The van der Waals surface area contributed by atoms with E-state index >= 15 is 0 Å². The van der Waals surface area contributed by atoms with E-state index in [0.29, 0.717) is 37.4 Å². The van der Waals surface area contributed by atoms with Crippen molar-refractivity contribution in [1.82, 2.24) is 4.90 Å². The van der Waals surface area contributed by atoms with Crippen molar-refractivity contribution >= 4 is 17.5 Å². The average molecular weight is 443 g/mol. The van der Waals surface area contributed by atoms with Crippen LogP contribution >= 0.6 is 0 Å². The Balaban J connectivity index is 1.57. The first-order valence-electron chi connectivity index (χ1n) is 11.6. The molecule has 1 heterocycles. The van der Waals surface area contributed by atoms with Gasteiger partial charge in [0.15, 0.2) is 6.10 Å². The summed E-state index contributed by atoms with van der Waals surface area (Å²) in [5.41, 5.74) is 3.67. The van der Waals surface area contributed by atoms with Crippen LogP contribution in [0.2, 0.25) is 0 Å². The molecular weight excluding hydrogens is 412 g/mol. The van der Waals surface area contributed by atoms with E-state index in [0.717, 1.165) is 16.7 Å². The number of fused-ring (bicyclic) bond motifs is 1. The van der Waals surface area contributed by atoms with Crippen molar-refractivity contribution < 1.29 is 14.3 Å². The topological polar surface area (TPSA) is 58.6 Å². The van der Waals surface area contributed by atoms with Crippen LogP contribution in [0.4, 0.5) is 5.69 Å². The van der Waals surface area contributed by atoms with Crippen molar-refractivity contribution in [2.45, 2.75) is 51.8 Å². The summed E-state index contributed by atoms with van der Waals surface area (Å²) in [7, 11) is 0. The zero-order valence-corrected chi connectivity index (χ0v) is 19.2. The Morgan fingerprint density at radius 2 is 1.73 bits per heavy atom. The number of hydrogen-bond acceptors (Lipinski definition) is 3. The van der Waals surface area contributed by atoms with Gasteiger partial charge in [-0.1, -0.05) is 74.5 Å². The molecule has 1 aliphatic heterocycles. The van der Waals surface area contributed by atoms with Crippen LogP contribution in [0.5, 0.6) is 5.75 Å². The second-order valence-electron chi connectivity index (χ2n) is 8.38. The molecule has 2 atom stereocenters. The van der Waals surface area contributed by atoms with Crippen LogP contribution in [-0.4, -0.2) is 22.8 Å². The first kappa shape index (κ1) is 22.6. The Hall–Kier alpha value is -3.60. The molecule has 0 bridgehead atoms. The number of hydrogen-bond donors (Lipinski definition) is 1. The van der Waals surface area contributed by atoms with Crippen LogP contribution in [0.15, 0.2) is 78.9 Å². The second-order valence-corrected chi connectivity index (χ2v) is 8.38. The lowest BCUT2D eigenvalue weighted by atomic mass is 9.95. The minimum atomic E-state index is -0.516. The van der Waals surface area contributed by atoms with Gasteiger partial charge in [0.25, 0.3) is 5.91 Å². The van der Waals surface area contributed by atoms with E-state index in [9.17, 15) is 9.59 Å². The first-order valence-corrected chi connectivity index (χ1v) is 11.6. The van der Waals surface area contributed by atoms with Gasteiger partial charge in [0.2, 0.25) is 5.91 Å². The number of carbonyl (C=O) groups excluding carboxylic acids is 2. The fourth-order valence-electron chi connectivity index (χ4n) is 4.27. The van der Waals surface area contributed by atoms with E-state index in [4.69, 9.17) is 4.74 Å². The Kier molecular flexibility index (Phi) is 7.08. The Labute approximate surface area is 195 Å². The molecule has 0 saturated heterocycles. The quantitative estimate of drug-likeness (QED) is 0.524.